The van der Waals surface area contributed by atoms with Crippen LogP contribution in [0.25, 0.3) is 0 Å². The molecule has 0 aliphatic carbocycles. The van der Waals surface area contributed by atoms with Crippen molar-refractivity contribution in [3.05, 3.63) is 48.0 Å². The number of benzene rings is 1. The Balaban J connectivity index is 1.53. The fourth-order valence-corrected chi connectivity index (χ4v) is 3.38. The van der Waals surface area contributed by atoms with Gasteiger partial charge in [-0.2, -0.15) is 0 Å². The molecule has 118 valence electrons. The highest BCUT2D eigenvalue weighted by molar-refractivity contribution is 5.18. The normalized spacial score (nSPS) is 40.8. The molecule has 22 heavy (non-hydrogen) atoms. The van der Waals surface area contributed by atoms with Crippen LogP contribution >= 0.6 is 0 Å². The minimum atomic E-state index is -0.547. The van der Waals surface area contributed by atoms with Gasteiger partial charge in [-0.25, -0.2) is 0 Å². The Hall–Kier alpha value is -1.24. The molecule has 5 atom stereocenters. The number of rotatable bonds is 2. The molecular formula is C17H20O5. The highest BCUT2D eigenvalue weighted by Gasteiger charge is 2.52. The Morgan fingerprint density at radius 3 is 2.73 bits per heavy atom. The summed E-state index contributed by atoms with van der Waals surface area (Å²) in [6.45, 7) is 1.07. The van der Waals surface area contributed by atoms with Crippen LogP contribution in [0.2, 0.25) is 0 Å². The third-order valence-electron chi connectivity index (χ3n) is 4.48. The molecule has 2 fully saturated rings. The summed E-state index contributed by atoms with van der Waals surface area (Å²) in [7, 11) is 1.64. The van der Waals surface area contributed by atoms with E-state index in [-0.39, 0.29) is 18.5 Å². The van der Waals surface area contributed by atoms with E-state index in [1.165, 1.54) is 0 Å². The Labute approximate surface area is 129 Å². The summed E-state index contributed by atoms with van der Waals surface area (Å²) in [6, 6.07) is 9.96. The van der Waals surface area contributed by atoms with Crippen LogP contribution in [0.5, 0.6) is 0 Å². The fraction of sp³-hybridized carbons (Fsp3) is 0.529. The summed E-state index contributed by atoms with van der Waals surface area (Å²) in [5.41, 5.74) is 0.473. The Bertz CT molecular complexity index is 545. The number of methoxy groups -OCH3 is 1. The summed E-state index contributed by atoms with van der Waals surface area (Å²) in [5.74, 6) is 0. The molecule has 5 nitrogen and oxygen atoms in total. The molecule has 3 aliphatic rings. The maximum absolute atomic E-state index is 6.14. The lowest BCUT2D eigenvalue weighted by Gasteiger charge is -2.48. The minimum Gasteiger partial charge on any atom is -0.361 e. The van der Waals surface area contributed by atoms with Crippen LogP contribution in [0, 0.1) is 0 Å². The lowest BCUT2D eigenvalue weighted by atomic mass is 9.89. The third-order valence-corrected chi connectivity index (χ3v) is 4.48. The summed E-state index contributed by atoms with van der Waals surface area (Å²) in [4.78, 5) is 0. The van der Waals surface area contributed by atoms with Crippen molar-refractivity contribution in [2.24, 2.45) is 0 Å². The van der Waals surface area contributed by atoms with Gasteiger partial charge in [0.2, 0.25) is 0 Å². The first-order valence-electron chi connectivity index (χ1n) is 7.63. The molecule has 1 aromatic rings. The monoisotopic (exact) mass is 304 g/mol. The first kappa shape index (κ1) is 14.4. The molecule has 2 saturated heterocycles. The zero-order valence-corrected chi connectivity index (χ0v) is 12.5. The summed E-state index contributed by atoms with van der Waals surface area (Å²) in [6.07, 6.45) is 3.76. The standard InChI is InChI=1S/C17H20O5/c1-18-16-17(8-5-9-20-17)10-13-14(22-16)11-19-15(21-13)12-6-3-2-4-7-12/h2-8,13-16H,9-11H2,1H3/t13-,14+,15+,16-,17+/m0/s1. The van der Waals surface area contributed by atoms with Gasteiger partial charge < -0.3 is 23.7 Å². The number of hydrogen-bond donors (Lipinski definition) is 0. The van der Waals surface area contributed by atoms with Crippen LogP contribution < -0.4 is 0 Å². The first-order valence-corrected chi connectivity index (χ1v) is 7.63. The minimum absolute atomic E-state index is 0.0758. The molecule has 0 amide bonds. The summed E-state index contributed by atoms with van der Waals surface area (Å²) >= 11 is 0. The zero-order chi connectivity index (χ0) is 15.0. The van der Waals surface area contributed by atoms with E-state index in [1.54, 1.807) is 7.11 Å². The van der Waals surface area contributed by atoms with E-state index in [9.17, 15) is 0 Å². The van der Waals surface area contributed by atoms with Crippen molar-refractivity contribution in [2.45, 2.75) is 36.8 Å². The zero-order valence-electron chi connectivity index (χ0n) is 12.5. The molecule has 3 heterocycles. The number of ether oxygens (including phenoxy) is 5. The van der Waals surface area contributed by atoms with E-state index in [0.717, 1.165) is 5.56 Å². The van der Waals surface area contributed by atoms with Gasteiger partial charge in [-0.1, -0.05) is 36.4 Å². The highest BCUT2D eigenvalue weighted by Crippen LogP contribution is 2.41. The summed E-state index contributed by atoms with van der Waals surface area (Å²) in [5, 5.41) is 0. The fourth-order valence-electron chi connectivity index (χ4n) is 3.38. The topological polar surface area (TPSA) is 46.2 Å². The first-order chi connectivity index (χ1) is 10.8. The molecule has 0 radical (unpaired) electrons. The molecule has 0 aromatic heterocycles. The number of hydrogen-bond acceptors (Lipinski definition) is 5. The molecule has 4 rings (SSSR count). The molecule has 1 spiro atoms. The quantitative estimate of drug-likeness (QED) is 0.784. The molecule has 5 heteroatoms. The van der Waals surface area contributed by atoms with Crippen LogP contribution in [-0.2, 0) is 23.7 Å². The Morgan fingerprint density at radius 1 is 1.14 bits per heavy atom. The smallest absolute Gasteiger partial charge is 0.190 e. The molecule has 1 aromatic carbocycles. The largest absolute Gasteiger partial charge is 0.361 e. The van der Waals surface area contributed by atoms with Crippen molar-refractivity contribution in [2.75, 3.05) is 20.3 Å². The predicted molar refractivity (Wildman–Crippen MR) is 78.1 cm³/mol. The van der Waals surface area contributed by atoms with Crippen LogP contribution in [0.1, 0.15) is 18.3 Å². The van der Waals surface area contributed by atoms with E-state index in [0.29, 0.717) is 19.6 Å². The van der Waals surface area contributed by atoms with Crippen molar-refractivity contribution >= 4 is 0 Å². The van der Waals surface area contributed by atoms with Crippen LogP contribution in [0.15, 0.2) is 42.5 Å². The van der Waals surface area contributed by atoms with Gasteiger partial charge in [-0.05, 0) is 6.08 Å². The van der Waals surface area contributed by atoms with E-state index in [4.69, 9.17) is 23.7 Å². The van der Waals surface area contributed by atoms with Gasteiger partial charge in [0.05, 0.1) is 19.3 Å². The Morgan fingerprint density at radius 2 is 2.00 bits per heavy atom. The van der Waals surface area contributed by atoms with E-state index in [2.05, 4.69) is 0 Å². The van der Waals surface area contributed by atoms with Gasteiger partial charge in [0, 0.05) is 19.1 Å². The maximum Gasteiger partial charge on any atom is 0.190 e. The van der Waals surface area contributed by atoms with Crippen molar-refractivity contribution in [3.63, 3.8) is 0 Å². The average Bonchev–Trinajstić information content (AvgIpc) is 3.03. The SMILES string of the molecule is CO[C@H]1O[C@@H]2CO[C@@H](c3ccccc3)O[C@H]2C[C@]12C=CCO2. The van der Waals surface area contributed by atoms with Gasteiger partial charge in [-0.15, -0.1) is 0 Å². The highest BCUT2D eigenvalue weighted by atomic mass is 16.8. The molecule has 0 unspecified atom stereocenters. The van der Waals surface area contributed by atoms with E-state index in [1.807, 2.05) is 42.5 Å². The van der Waals surface area contributed by atoms with Crippen LogP contribution in [-0.4, -0.2) is 44.4 Å². The second-order valence-corrected chi connectivity index (χ2v) is 5.87. The van der Waals surface area contributed by atoms with Crippen molar-refractivity contribution < 1.29 is 23.7 Å². The second-order valence-electron chi connectivity index (χ2n) is 5.87. The van der Waals surface area contributed by atoms with Gasteiger partial charge in [0.25, 0.3) is 0 Å². The Kier molecular flexibility index (Phi) is 3.76. The van der Waals surface area contributed by atoms with Gasteiger partial charge in [0.15, 0.2) is 12.6 Å². The maximum atomic E-state index is 6.14. The van der Waals surface area contributed by atoms with Gasteiger partial charge >= 0.3 is 0 Å². The lowest BCUT2D eigenvalue weighted by molar-refractivity contribution is -0.349. The third kappa shape index (κ3) is 2.39. The predicted octanol–water partition coefficient (Wildman–Crippen LogP) is 2.19. The van der Waals surface area contributed by atoms with Gasteiger partial charge in [-0.3, -0.25) is 0 Å². The van der Waals surface area contributed by atoms with Crippen LogP contribution in [0.3, 0.4) is 0 Å². The van der Waals surface area contributed by atoms with Crippen molar-refractivity contribution in [3.8, 4) is 0 Å². The van der Waals surface area contributed by atoms with Crippen molar-refractivity contribution in [1.29, 1.82) is 0 Å². The molecule has 3 aliphatic heterocycles. The molecule has 0 bridgehead atoms. The lowest BCUT2D eigenvalue weighted by Crippen LogP contribution is -2.59. The van der Waals surface area contributed by atoms with Crippen molar-refractivity contribution in [1.82, 2.24) is 0 Å². The molecular weight excluding hydrogens is 284 g/mol. The molecule has 0 N–H and O–H groups in total. The average molecular weight is 304 g/mol. The van der Waals surface area contributed by atoms with E-state index < -0.39 is 11.9 Å². The second kappa shape index (κ2) is 5.76. The van der Waals surface area contributed by atoms with E-state index >= 15 is 0 Å². The number of fused-ring (bicyclic) bond motifs is 1. The van der Waals surface area contributed by atoms with Gasteiger partial charge in [0.1, 0.15) is 11.7 Å². The molecule has 0 saturated carbocycles. The summed E-state index contributed by atoms with van der Waals surface area (Å²) < 4.78 is 29.3. The van der Waals surface area contributed by atoms with Crippen LogP contribution in [0.4, 0.5) is 0 Å².